The molecule has 2 aliphatic rings. The monoisotopic (exact) mass is 387 g/mol. The Balaban J connectivity index is 1.49. The lowest BCUT2D eigenvalue weighted by Crippen LogP contribution is -2.43. The lowest BCUT2D eigenvalue weighted by Gasteiger charge is -2.32. The Morgan fingerprint density at radius 3 is 2.61 bits per heavy atom. The maximum Gasteiger partial charge on any atom is 0.305 e. The van der Waals surface area contributed by atoms with E-state index in [4.69, 9.17) is 4.74 Å². The zero-order valence-corrected chi connectivity index (χ0v) is 15.9. The standard InChI is InChI=1S/C20H25N3O5/c1-28-18(25)12-13-8-10-23(11-9-13)17(24)7-6-16-20(27)21-15-5-3-2-4-14(15)19(26)22-16/h2-5,13,16H,6-12H2,1H3,(H,21,27)(H,22,26)/t16-/m0/s1. The zero-order chi connectivity index (χ0) is 20.1. The number of ether oxygens (including phenoxy) is 1. The predicted molar refractivity (Wildman–Crippen MR) is 101 cm³/mol. The lowest BCUT2D eigenvalue weighted by atomic mass is 9.93. The average molecular weight is 387 g/mol. The molecule has 8 heteroatoms. The molecular weight excluding hydrogens is 362 g/mol. The van der Waals surface area contributed by atoms with Gasteiger partial charge in [0.05, 0.1) is 18.4 Å². The van der Waals surface area contributed by atoms with Gasteiger partial charge in [-0.2, -0.15) is 0 Å². The molecule has 2 aliphatic heterocycles. The molecule has 3 rings (SSSR count). The van der Waals surface area contributed by atoms with E-state index in [2.05, 4.69) is 10.6 Å². The van der Waals surface area contributed by atoms with Crippen molar-refractivity contribution in [2.75, 3.05) is 25.5 Å². The lowest BCUT2D eigenvalue weighted by molar-refractivity contribution is -0.142. The molecule has 0 saturated carbocycles. The molecule has 0 spiro atoms. The van der Waals surface area contributed by atoms with Crippen LogP contribution >= 0.6 is 0 Å². The van der Waals surface area contributed by atoms with E-state index in [0.717, 1.165) is 12.8 Å². The molecule has 1 atom stereocenters. The fourth-order valence-corrected chi connectivity index (χ4v) is 3.65. The molecule has 0 aliphatic carbocycles. The highest BCUT2D eigenvalue weighted by Crippen LogP contribution is 2.23. The SMILES string of the molecule is COC(=O)CC1CCN(C(=O)CC[C@@H]2NC(=O)c3ccccc3NC2=O)CC1. The van der Waals surface area contributed by atoms with Crippen LogP contribution in [0.5, 0.6) is 0 Å². The number of piperidine rings is 1. The van der Waals surface area contributed by atoms with E-state index in [1.165, 1.54) is 7.11 Å². The van der Waals surface area contributed by atoms with E-state index in [0.29, 0.717) is 30.8 Å². The van der Waals surface area contributed by atoms with E-state index < -0.39 is 6.04 Å². The number of hydrogen-bond donors (Lipinski definition) is 2. The topological polar surface area (TPSA) is 105 Å². The first-order valence-electron chi connectivity index (χ1n) is 9.53. The summed E-state index contributed by atoms with van der Waals surface area (Å²) < 4.78 is 4.69. The van der Waals surface area contributed by atoms with Gasteiger partial charge in [-0.05, 0) is 37.3 Å². The van der Waals surface area contributed by atoms with E-state index in [9.17, 15) is 19.2 Å². The average Bonchev–Trinajstić information content (AvgIpc) is 2.82. The number of hydrogen-bond acceptors (Lipinski definition) is 5. The molecule has 150 valence electrons. The van der Waals surface area contributed by atoms with Gasteiger partial charge < -0.3 is 20.3 Å². The van der Waals surface area contributed by atoms with Crippen LogP contribution in [0.15, 0.2) is 24.3 Å². The second-order valence-electron chi connectivity index (χ2n) is 7.20. The van der Waals surface area contributed by atoms with Crippen molar-refractivity contribution in [2.24, 2.45) is 5.92 Å². The second-order valence-corrected chi connectivity index (χ2v) is 7.20. The second kappa shape index (κ2) is 8.86. The highest BCUT2D eigenvalue weighted by Gasteiger charge is 2.29. The van der Waals surface area contributed by atoms with E-state index in [-0.39, 0.29) is 42.5 Å². The van der Waals surface area contributed by atoms with Crippen molar-refractivity contribution in [3.05, 3.63) is 29.8 Å². The minimum atomic E-state index is -0.749. The number of para-hydroxylation sites is 1. The van der Waals surface area contributed by atoms with Gasteiger partial charge >= 0.3 is 5.97 Å². The van der Waals surface area contributed by atoms with Gasteiger partial charge in [0.1, 0.15) is 6.04 Å². The van der Waals surface area contributed by atoms with Gasteiger partial charge in [0, 0.05) is 25.9 Å². The van der Waals surface area contributed by atoms with Gasteiger partial charge in [-0.3, -0.25) is 19.2 Å². The number of nitrogens with one attached hydrogen (secondary N) is 2. The first kappa shape index (κ1) is 19.9. The molecule has 1 aromatic carbocycles. The molecule has 0 unspecified atom stereocenters. The number of nitrogens with zero attached hydrogens (tertiary/aromatic N) is 1. The smallest absolute Gasteiger partial charge is 0.305 e. The Bertz CT molecular complexity index is 771. The third kappa shape index (κ3) is 4.68. The summed E-state index contributed by atoms with van der Waals surface area (Å²) in [6, 6.07) is 6.06. The Labute approximate surface area is 163 Å². The van der Waals surface area contributed by atoms with Crippen molar-refractivity contribution in [3.63, 3.8) is 0 Å². The van der Waals surface area contributed by atoms with Crippen LogP contribution in [0.1, 0.15) is 42.5 Å². The van der Waals surface area contributed by atoms with Crippen LogP contribution < -0.4 is 10.6 Å². The summed E-state index contributed by atoms with van der Waals surface area (Å²) in [5.41, 5.74) is 0.892. The summed E-state index contributed by atoms with van der Waals surface area (Å²) in [5.74, 6) is -0.666. The Kier molecular flexibility index (Phi) is 6.28. The largest absolute Gasteiger partial charge is 0.469 e. The van der Waals surface area contributed by atoms with Gasteiger partial charge in [0.25, 0.3) is 5.91 Å². The molecule has 1 fully saturated rings. The highest BCUT2D eigenvalue weighted by molar-refractivity contribution is 6.09. The zero-order valence-electron chi connectivity index (χ0n) is 15.9. The number of carbonyl (C=O) groups is 4. The molecule has 1 saturated heterocycles. The first-order chi connectivity index (χ1) is 13.5. The normalized spacial score (nSPS) is 19.9. The molecule has 0 radical (unpaired) electrons. The first-order valence-corrected chi connectivity index (χ1v) is 9.53. The minimum absolute atomic E-state index is 0.0414. The minimum Gasteiger partial charge on any atom is -0.469 e. The summed E-state index contributed by atoms with van der Waals surface area (Å²) in [4.78, 5) is 50.3. The van der Waals surface area contributed by atoms with Crippen LogP contribution in [0.4, 0.5) is 5.69 Å². The molecule has 0 aromatic heterocycles. The van der Waals surface area contributed by atoms with Gasteiger partial charge in [0.15, 0.2) is 0 Å². The summed E-state index contributed by atoms with van der Waals surface area (Å²) >= 11 is 0. The molecule has 28 heavy (non-hydrogen) atoms. The number of carbonyl (C=O) groups excluding carboxylic acids is 4. The number of benzene rings is 1. The third-order valence-corrected chi connectivity index (χ3v) is 5.35. The third-order valence-electron chi connectivity index (χ3n) is 5.35. The number of amides is 3. The number of likely N-dealkylation sites (tertiary alicyclic amines) is 1. The molecule has 3 amide bonds. The van der Waals surface area contributed by atoms with Crippen molar-refractivity contribution in [1.29, 1.82) is 0 Å². The van der Waals surface area contributed by atoms with Gasteiger partial charge in [-0.15, -0.1) is 0 Å². The molecule has 0 bridgehead atoms. The van der Waals surface area contributed by atoms with Gasteiger partial charge in [-0.1, -0.05) is 12.1 Å². The fourth-order valence-electron chi connectivity index (χ4n) is 3.65. The van der Waals surface area contributed by atoms with Crippen molar-refractivity contribution in [1.82, 2.24) is 10.2 Å². The summed E-state index contributed by atoms with van der Waals surface area (Å²) in [6.07, 6.45) is 2.32. The van der Waals surface area contributed by atoms with Crippen LogP contribution in [-0.4, -0.2) is 54.8 Å². The molecular formula is C20H25N3O5. The number of rotatable bonds is 5. The van der Waals surface area contributed by atoms with Crippen LogP contribution in [0.2, 0.25) is 0 Å². The van der Waals surface area contributed by atoms with Gasteiger partial charge in [0.2, 0.25) is 11.8 Å². The summed E-state index contributed by atoms with van der Waals surface area (Å²) in [5, 5.41) is 5.45. The highest BCUT2D eigenvalue weighted by atomic mass is 16.5. The number of esters is 1. The van der Waals surface area contributed by atoms with Crippen molar-refractivity contribution >= 4 is 29.4 Å². The molecule has 1 aromatic rings. The van der Waals surface area contributed by atoms with E-state index >= 15 is 0 Å². The quantitative estimate of drug-likeness (QED) is 0.742. The van der Waals surface area contributed by atoms with Gasteiger partial charge in [-0.25, -0.2) is 0 Å². The van der Waals surface area contributed by atoms with Crippen molar-refractivity contribution < 1.29 is 23.9 Å². The maximum atomic E-state index is 12.5. The Morgan fingerprint density at radius 2 is 1.89 bits per heavy atom. The molecule has 2 N–H and O–H groups in total. The van der Waals surface area contributed by atoms with E-state index in [1.807, 2.05) is 0 Å². The van der Waals surface area contributed by atoms with Crippen LogP contribution in [-0.2, 0) is 19.1 Å². The maximum absolute atomic E-state index is 12.5. The van der Waals surface area contributed by atoms with Crippen molar-refractivity contribution in [3.8, 4) is 0 Å². The Morgan fingerprint density at radius 1 is 1.18 bits per heavy atom. The van der Waals surface area contributed by atoms with E-state index in [1.54, 1.807) is 29.2 Å². The number of anilines is 1. The molecule has 8 nitrogen and oxygen atoms in total. The van der Waals surface area contributed by atoms with Crippen molar-refractivity contribution in [2.45, 2.75) is 38.1 Å². The Hall–Kier alpha value is -2.90. The summed E-state index contributed by atoms with van der Waals surface area (Å²) in [6.45, 7) is 1.18. The number of fused-ring (bicyclic) bond motifs is 1. The van der Waals surface area contributed by atoms with Crippen LogP contribution in [0.3, 0.4) is 0 Å². The van der Waals surface area contributed by atoms with Crippen LogP contribution in [0, 0.1) is 5.92 Å². The molecule has 2 heterocycles. The van der Waals surface area contributed by atoms with Crippen LogP contribution in [0.25, 0.3) is 0 Å². The number of methoxy groups -OCH3 is 1. The predicted octanol–water partition coefficient (Wildman–Crippen LogP) is 1.32. The summed E-state index contributed by atoms with van der Waals surface area (Å²) in [7, 11) is 1.38. The fraction of sp³-hybridized carbons (Fsp3) is 0.500.